The molecular weight excluding hydrogens is 336 g/mol. The molecule has 0 radical (unpaired) electrons. The highest BCUT2D eigenvalue weighted by Gasteiger charge is 2.15. The third kappa shape index (κ3) is 4.14. The van der Waals surface area contributed by atoms with Crippen LogP contribution in [0.25, 0.3) is 0 Å². The fourth-order valence-corrected chi connectivity index (χ4v) is 2.98. The van der Waals surface area contributed by atoms with Crippen molar-refractivity contribution in [2.24, 2.45) is 0 Å². The summed E-state index contributed by atoms with van der Waals surface area (Å²) in [5.74, 6) is 0.254. The number of amides is 1. The Balaban J connectivity index is 1.87. The molecular formula is C22H24N4O. The van der Waals surface area contributed by atoms with Gasteiger partial charge < -0.3 is 10.2 Å². The minimum Gasteiger partial charge on any atom is -0.320 e. The lowest BCUT2D eigenvalue weighted by Crippen LogP contribution is -2.19. The lowest BCUT2D eigenvalue weighted by Gasteiger charge is -2.18. The lowest BCUT2D eigenvalue weighted by molar-refractivity contribution is 0.102. The van der Waals surface area contributed by atoms with Crippen LogP contribution >= 0.6 is 0 Å². The molecule has 3 rings (SSSR count). The van der Waals surface area contributed by atoms with Crippen LogP contribution in [0.5, 0.6) is 0 Å². The number of hydrogen-bond donors (Lipinski definition) is 1. The quantitative estimate of drug-likeness (QED) is 0.697. The van der Waals surface area contributed by atoms with Gasteiger partial charge in [0.05, 0.1) is 0 Å². The number of aromatic nitrogens is 2. The van der Waals surface area contributed by atoms with Crippen molar-refractivity contribution >= 4 is 23.2 Å². The predicted octanol–water partition coefficient (Wildman–Crippen LogP) is 4.62. The first-order valence-corrected chi connectivity index (χ1v) is 9.18. The number of para-hydroxylation sites is 2. The third-order valence-electron chi connectivity index (χ3n) is 4.56. The van der Waals surface area contributed by atoms with Crippen LogP contribution in [-0.4, -0.2) is 22.9 Å². The van der Waals surface area contributed by atoms with Crippen molar-refractivity contribution in [3.05, 3.63) is 77.6 Å². The maximum Gasteiger partial charge on any atom is 0.274 e. The number of carbonyl (C=O) groups excluding carboxylic acids is 1. The van der Waals surface area contributed by atoms with E-state index in [1.165, 1.54) is 0 Å². The van der Waals surface area contributed by atoms with Crippen molar-refractivity contribution < 1.29 is 4.79 Å². The second-order valence-electron chi connectivity index (χ2n) is 6.25. The summed E-state index contributed by atoms with van der Waals surface area (Å²) in [5.41, 5.74) is 4.44. The first kappa shape index (κ1) is 18.6. The summed E-state index contributed by atoms with van der Waals surface area (Å²) < 4.78 is 0. The molecule has 1 heterocycles. The van der Waals surface area contributed by atoms with Gasteiger partial charge in [-0.1, -0.05) is 50.2 Å². The number of aryl methyl sites for hydroxylation is 2. The normalized spacial score (nSPS) is 10.5. The van der Waals surface area contributed by atoms with E-state index in [9.17, 15) is 4.79 Å². The zero-order chi connectivity index (χ0) is 19.2. The number of anilines is 3. The van der Waals surface area contributed by atoms with E-state index in [0.29, 0.717) is 11.6 Å². The predicted molar refractivity (Wildman–Crippen MR) is 110 cm³/mol. The number of benzene rings is 2. The molecule has 5 heteroatoms. The Bertz CT molecular complexity index is 902. The molecule has 0 aliphatic heterocycles. The molecule has 1 amide bonds. The van der Waals surface area contributed by atoms with Crippen molar-refractivity contribution in [1.29, 1.82) is 0 Å². The maximum absolute atomic E-state index is 12.8. The van der Waals surface area contributed by atoms with Crippen LogP contribution in [0.3, 0.4) is 0 Å². The molecule has 0 aliphatic rings. The summed E-state index contributed by atoms with van der Waals surface area (Å²) in [6, 6.07) is 17.6. The minimum atomic E-state index is -0.226. The van der Waals surface area contributed by atoms with Crippen molar-refractivity contribution in [3.8, 4) is 0 Å². The number of nitrogens with zero attached hydrogens (tertiary/aromatic N) is 3. The molecule has 0 saturated carbocycles. The molecule has 0 atom stereocenters. The van der Waals surface area contributed by atoms with Crippen LogP contribution in [0.4, 0.5) is 17.3 Å². The van der Waals surface area contributed by atoms with Gasteiger partial charge in [0, 0.05) is 24.6 Å². The Kier molecular flexibility index (Phi) is 5.81. The topological polar surface area (TPSA) is 58.1 Å². The molecule has 0 spiro atoms. The van der Waals surface area contributed by atoms with Gasteiger partial charge in [0.1, 0.15) is 5.69 Å². The first-order chi connectivity index (χ1) is 13.1. The highest BCUT2D eigenvalue weighted by Crippen LogP contribution is 2.24. The highest BCUT2D eigenvalue weighted by atomic mass is 16.1. The van der Waals surface area contributed by atoms with Gasteiger partial charge in [0.25, 0.3) is 5.91 Å². The number of carbonyl (C=O) groups is 1. The average molecular weight is 360 g/mol. The van der Waals surface area contributed by atoms with Gasteiger partial charge in [0.15, 0.2) is 0 Å². The molecule has 0 aliphatic carbocycles. The molecule has 0 bridgehead atoms. The lowest BCUT2D eigenvalue weighted by atomic mass is 10.0. The zero-order valence-electron chi connectivity index (χ0n) is 15.9. The van der Waals surface area contributed by atoms with Gasteiger partial charge in [0.2, 0.25) is 5.95 Å². The molecule has 0 saturated heterocycles. The van der Waals surface area contributed by atoms with Crippen LogP contribution in [0, 0.1) is 0 Å². The molecule has 0 unspecified atom stereocenters. The van der Waals surface area contributed by atoms with E-state index in [1.807, 2.05) is 60.5 Å². The van der Waals surface area contributed by atoms with Crippen LogP contribution in [0.2, 0.25) is 0 Å². The summed E-state index contributed by atoms with van der Waals surface area (Å²) in [4.78, 5) is 23.5. The van der Waals surface area contributed by atoms with Crippen LogP contribution in [0.15, 0.2) is 60.8 Å². The van der Waals surface area contributed by atoms with E-state index < -0.39 is 0 Å². The number of rotatable bonds is 6. The Hall–Kier alpha value is -3.21. The van der Waals surface area contributed by atoms with Gasteiger partial charge >= 0.3 is 0 Å². The number of nitrogens with one attached hydrogen (secondary N) is 1. The van der Waals surface area contributed by atoms with Gasteiger partial charge in [-0.15, -0.1) is 0 Å². The molecule has 27 heavy (non-hydrogen) atoms. The SMILES string of the molecule is CCc1cccc(CC)c1NC(=O)c1ccnc(N(C)c2ccccc2)n1. The third-order valence-corrected chi connectivity index (χ3v) is 4.56. The second kappa shape index (κ2) is 8.45. The fraction of sp³-hybridized carbons (Fsp3) is 0.227. The van der Waals surface area contributed by atoms with Crippen molar-refractivity contribution in [3.63, 3.8) is 0 Å². The van der Waals surface area contributed by atoms with E-state index >= 15 is 0 Å². The minimum absolute atomic E-state index is 0.226. The van der Waals surface area contributed by atoms with Crippen LogP contribution < -0.4 is 10.2 Å². The van der Waals surface area contributed by atoms with E-state index in [0.717, 1.165) is 35.3 Å². The monoisotopic (exact) mass is 360 g/mol. The Morgan fingerprint density at radius 1 is 0.963 bits per heavy atom. The molecule has 1 aromatic heterocycles. The van der Waals surface area contributed by atoms with Crippen molar-refractivity contribution in [1.82, 2.24) is 9.97 Å². The van der Waals surface area contributed by atoms with Gasteiger partial charge in [-0.2, -0.15) is 0 Å². The fourth-order valence-electron chi connectivity index (χ4n) is 2.98. The van der Waals surface area contributed by atoms with Gasteiger partial charge in [-0.3, -0.25) is 4.79 Å². The zero-order valence-corrected chi connectivity index (χ0v) is 15.9. The first-order valence-electron chi connectivity index (χ1n) is 9.18. The molecule has 2 aromatic carbocycles. The van der Waals surface area contributed by atoms with E-state index in [2.05, 4.69) is 29.1 Å². The number of hydrogen-bond acceptors (Lipinski definition) is 4. The molecule has 5 nitrogen and oxygen atoms in total. The summed E-state index contributed by atoms with van der Waals surface area (Å²) >= 11 is 0. The summed E-state index contributed by atoms with van der Waals surface area (Å²) in [6.07, 6.45) is 3.33. The Labute approximate surface area is 160 Å². The van der Waals surface area contributed by atoms with E-state index in [1.54, 1.807) is 12.3 Å². The van der Waals surface area contributed by atoms with Crippen molar-refractivity contribution in [2.75, 3.05) is 17.3 Å². The van der Waals surface area contributed by atoms with Gasteiger partial charge in [-0.05, 0) is 42.2 Å². The van der Waals surface area contributed by atoms with E-state index in [-0.39, 0.29) is 5.91 Å². The van der Waals surface area contributed by atoms with Crippen LogP contribution in [-0.2, 0) is 12.8 Å². The van der Waals surface area contributed by atoms with Gasteiger partial charge in [-0.25, -0.2) is 9.97 Å². The molecule has 1 N–H and O–H groups in total. The van der Waals surface area contributed by atoms with Crippen molar-refractivity contribution in [2.45, 2.75) is 26.7 Å². The largest absolute Gasteiger partial charge is 0.320 e. The Morgan fingerprint density at radius 3 is 2.26 bits per heavy atom. The maximum atomic E-state index is 12.8. The average Bonchev–Trinajstić information content (AvgIpc) is 2.74. The Morgan fingerprint density at radius 2 is 1.63 bits per heavy atom. The smallest absolute Gasteiger partial charge is 0.274 e. The molecule has 0 fully saturated rings. The summed E-state index contributed by atoms with van der Waals surface area (Å²) in [5, 5.41) is 3.06. The standard InChI is InChI=1S/C22H24N4O/c1-4-16-10-9-11-17(5-2)20(16)25-21(27)19-14-15-23-22(24-19)26(3)18-12-7-6-8-13-18/h6-15H,4-5H2,1-3H3,(H,25,27). The second-order valence-corrected chi connectivity index (χ2v) is 6.25. The molecule has 3 aromatic rings. The molecule has 138 valence electrons. The summed E-state index contributed by atoms with van der Waals surface area (Å²) in [7, 11) is 1.88. The highest BCUT2D eigenvalue weighted by molar-refractivity contribution is 6.04. The van der Waals surface area contributed by atoms with Crippen LogP contribution in [0.1, 0.15) is 35.5 Å². The van der Waals surface area contributed by atoms with E-state index in [4.69, 9.17) is 0 Å². The summed E-state index contributed by atoms with van der Waals surface area (Å²) in [6.45, 7) is 4.17.